The van der Waals surface area contributed by atoms with E-state index in [-0.39, 0.29) is 0 Å². The molecule has 0 saturated carbocycles. The van der Waals surface area contributed by atoms with Gasteiger partial charge in [-0.2, -0.15) is 4.98 Å². The average Bonchev–Trinajstić information content (AvgIpc) is 2.90. The van der Waals surface area contributed by atoms with Gasteiger partial charge in [0.2, 0.25) is 11.7 Å². The van der Waals surface area contributed by atoms with Gasteiger partial charge < -0.3 is 15.0 Å². The molecule has 1 aliphatic heterocycles. The normalized spacial score (nSPS) is 18.4. The summed E-state index contributed by atoms with van der Waals surface area (Å²) < 4.78 is 10.7. The molecule has 100 valence electrons. The summed E-state index contributed by atoms with van der Waals surface area (Å²) in [6, 6.07) is 1.91. The van der Waals surface area contributed by atoms with Crippen LogP contribution in [0.1, 0.15) is 24.3 Å². The smallest absolute Gasteiger partial charge is 0.247 e. The summed E-state index contributed by atoms with van der Waals surface area (Å²) in [5.41, 5.74) is 7.67. The van der Waals surface area contributed by atoms with Crippen LogP contribution >= 0.6 is 0 Å². The zero-order valence-corrected chi connectivity index (χ0v) is 10.8. The first-order valence-electron chi connectivity index (χ1n) is 6.31. The Labute approximate surface area is 111 Å². The molecular weight excluding hydrogens is 244 g/mol. The molecule has 0 amide bonds. The van der Waals surface area contributed by atoms with Gasteiger partial charge in [0.1, 0.15) is 5.54 Å². The molecule has 0 radical (unpaired) electrons. The number of ether oxygens (including phenoxy) is 1. The lowest BCUT2D eigenvalue weighted by Gasteiger charge is -2.29. The van der Waals surface area contributed by atoms with Gasteiger partial charge in [-0.1, -0.05) is 5.16 Å². The van der Waals surface area contributed by atoms with Crippen molar-refractivity contribution >= 4 is 0 Å². The minimum absolute atomic E-state index is 0.481. The van der Waals surface area contributed by atoms with Crippen molar-refractivity contribution in [2.24, 2.45) is 5.73 Å². The second-order valence-corrected chi connectivity index (χ2v) is 4.88. The van der Waals surface area contributed by atoms with Crippen molar-refractivity contribution in [1.82, 2.24) is 15.1 Å². The van der Waals surface area contributed by atoms with Gasteiger partial charge in [0, 0.05) is 31.2 Å². The van der Waals surface area contributed by atoms with Crippen LogP contribution in [0.4, 0.5) is 0 Å². The lowest BCUT2D eigenvalue weighted by molar-refractivity contribution is 0.0400. The Bertz CT molecular complexity index is 576. The van der Waals surface area contributed by atoms with Crippen molar-refractivity contribution in [1.29, 1.82) is 0 Å². The summed E-state index contributed by atoms with van der Waals surface area (Å²) >= 11 is 0. The van der Waals surface area contributed by atoms with E-state index < -0.39 is 5.54 Å². The minimum Gasteiger partial charge on any atom is -0.381 e. The fourth-order valence-electron chi connectivity index (χ4n) is 2.18. The topological polar surface area (TPSA) is 87.1 Å². The molecule has 1 fully saturated rings. The van der Waals surface area contributed by atoms with E-state index in [1.54, 1.807) is 12.4 Å². The molecule has 0 aromatic carbocycles. The van der Waals surface area contributed by atoms with Crippen molar-refractivity contribution in [2.45, 2.75) is 25.3 Å². The number of rotatable bonds is 2. The van der Waals surface area contributed by atoms with Gasteiger partial charge in [0.25, 0.3) is 0 Å². The van der Waals surface area contributed by atoms with E-state index in [0.717, 1.165) is 11.1 Å². The fourth-order valence-corrected chi connectivity index (χ4v) is 2.18. The van der Waals surface area contributed by atoms with Crippen molar-refractivity contribution in [3.8, 4) is 11.4 Å². The van der Waals surface area contributed by atoms with Crippen molar-refractivity contribution in [2.75, 3.05) is 13.2 Å². The van der Waals surface area contributed by atoms with Crippen molar-refractivity contribution in [3.63, 3.8) is 0 Å². The monoisotopic (exact) mass is 260 g/mol. The lowest BCUT2D eigenvalue weighted by atomic mass is 9.91. The molecule has 0 atom stereocenters. The number of hydrogen-bond acceptors (Lipinski definition) is 6. The molecule has 2 aromatic rings. The van der Waals surface area contributed by atoms with Gasteiger partial charge in [-0.15, -0.1) is 0 Å². The van der Waals surface area contributed by atoms with Gasteiger partial charge in [-0.05, 0) is 31.4 Å². The number of hydrogen-bond donors (Lipinski definition) is 1. The maximum absolute atomic E-state index is 6.32. The largest absolute Gasteiger partial charge is 0.381 e. The van der Waals surface area contributed by atoms with Gasteiger partial charge in [-0.25, -0.2) is 0 Å². The number of aromatic nitrogens is 3. The van der Waals surface area contributed by atoms with Crippen LogP contribution in [-0.4, -0.2) is 28.3 Å². The summed E-state index contributed by atoms with van der Waals surface area (Å²) in [5.74, 6) is 1.02. The Morgan fingerprint density at radius 1 is 1.32 bits per heavy atom. The molecule has 2 aromatic heterocycles. The van der Waals surface area contributed by atoms with Crippen LogP contribution < -0.4 is 5.73 Å². The summed E-state index contributed by atoms with van der Waals surface area (Å²) in [6.07, 6.45) is 4.86. The molecule has 1 aliphatic rings. The zero-order chi connectivity index (χ0) is 13.3. The Morgan fingerprint density at radius 2 is 2.11 bits per heavy atom. The van der Waals surface area contributed by atoms with Crippen LogP contribution in [0.5, 0.6) is 0 Å². The van der Waals surface area contributed by atoms with Crippen LogP contribution in [0.25, 0.3) is 11.4 Å². The van der Waals surface area contributed by atoms with Crippen LogP contribution in [0.3, 0.4) is 0 Å². The van der Waals surface area contributed by atoms with Crippen LogP contribution in [-0.2, 0) is 10.3 Å². The third-order valence-corrected chi connectivity index (χ3v) is 3.52. The minimum atomic E-state index is -0.570. The first kappa shape index (κ1) is 12.3. The molecule has 3 heterocycles. The molecule has 0 aliphatic carbocycles. The summed E-state index contributed by atoms with van der Waals surface area (Å²) in [6.45, 7) is 3.24. The summed E-state index contributed by atoms with van der Waals surface area (Å²) in [4.78, 5) is 8.53. The Kier molecular flexibility index (Phi) is 3.04. The van der Waals surface area contributed by atoms with Crippen LogP contribution in [0.2, 0.25) is 0 Å². The molecule has 3 rings (SSSR count). The maximum atomic E-state index is 6.32. The predicted molar refractivity (Wildman–Crippen MR) is 68.2 cm³/mol. The van der Waals surface area contributed by atoms with Crippen molar-refractivity contribution in [3.05, 3.63) is 29.9 Å². The Morgan fingerprint density at radius 3 is 2.84 bits per heavy atom. The van der Waals surface area contributed by atoms with E-state index in [9.17, 15) is 0 Å². The van der Waals surface area contributed by atoms with Crippen LogP contribution in [0, 0.1) is 6.92 Å². The third kappa shape index (κ3) is 2.24. The second-order valence-electron chi connectivity index (χ2n) is 4.88. The Balaban J connectivity index is 1.93. The summed E-state index contributed by atoms with van der Waals surface area (Å²) in [5, 5.41) is 4.02. The van der Waals surface area contributed by atoms with Crippen LogP contribution in [0.15, 0.2) is 23.0 Å². The second kappa shape index (κ2) is 4.71. The molecule has 6 heteroatoms. The average molecular weight is 260 g/mol. The highest BCUT2D eigenvalue weighted by molar-refractivity contribution is 5.57. The molecule has 1 saturated heterocycles. The quantitative estimate of drug-likeness (QED) is 0.878. The van der Waals surface area contributed by atoms with E-state index in [0.29, 0.717) is 37.8 Å². The van der Waals surface area contributed by atoms with E-state index >= 15 is 0 Å². The lowest BCUT2D eigenvalue weighted by Crippen LogP contribution is -2.42. The highest BCUT2D eigenvalue weighted by atomic mass is 16.5. The van der Waals surface area contributed by atoms with E-state index in [4.69, 9.17) is 15.0 Å². The number of nitrogens with zero attached hydrogens (tertiary/aromatic N) is 3. The van der Waals surface area contributed by atoms with E-state index in [1.165, 1.54) is 0 Å². The first-order valence-corrected chi connectivity index (χ1v) is 6.31. The number of nitrogens with two attached hydrogens (primary N) is 1. The molecular formula is C13H16N4O2. The maximum Gasteiger partial charge on any atom is 0.247 e. The molecule has 0 spiro atoms. The standard InChI is InChI=1S/C13H16N4O2/c1-9-2-5-15-8-10(9)11-16-12(19-17-11)13(14)3-6-18-7-4-13/h2,5,8H,3-4,6-7,14H2,1H3. The molecule has 0 bridgehead atoms. The van der Waals surface area contributed by atoms with E-state index in [1.807, 2.05) is 13.0 Å². The first-order chi connectivity index (χ1) is 9.19. The predicted octanol–water partition coefficient (Wildman–Crippen LogP) is 1.40. The Hall–Kier alpha value is -1.79. The number of aryl methyl sites for hydroxylation is 1. The molecule has 6 nitrogen and oxygen atoms in total. The van der Waals surface area contributed by atoms with Gasteiger partial charge in [0.05, 0.1) is 0 Å². The highest BCUT2D eigenvalue weighted by Gasteiger charge is 2.36. The zero-order valence-electron chi connectivity index (χ0n) is 10.8. The fraction of sp³-hybridized carbons (Fsp3) is 0.462. The molecule has 19 heavy (non-hydrogen) atoms. The molecule has 0 unspecified atom stereocenters. The van der Waals surface area contributed by atoms with Gasteiger partial charge in [-0.3, -0.25) is 4.98 Å². The van der Waals surface area contributed by atoms with Crippen molar-refractivity contribution < 1.29 is 9.26 Å². The summed E-state index contributed by atoms with van der Waals surface area (Å²) in [7, 11) is 0. The van der Waals surface area contributed by atoms with Gasteiger partial charge >= 0.3 is 0 Å². The van der Waals surface area contributed by atoms with Gasteiger partial charge in [0.15, 0.2) is 0 Å². The highest BCUT2D eigenvalue weighted by Crippen LogP contribution is 2.29. The SMILES string of the molecule is Cc1ccncc1-c1noc(C2(N)CCOCC2)n1. The molecule has 2 N–H and O–H groups in total. The van der Waals surface area contributed by atoms with E-state index in [2.05, 4.69) is 15.1 Å². The third-order valence-electron chi connectivity index (χ3n) is 3.52. The number of pyridine rings is 1.